The Morgan fingerprint density at radius 2 is 1.80 bits per heavy atom. The van der Waals surface area contributed by atoms with Crippen LogP contribution in [0, 0.1) is 5.92 Å². The number of carbonyl (C=O) groups excluding carboxylic acids is 5. The summed E-state index contributed by atoms with van der Waals surface area (Å²) in [6.45, 7) is 3.72. The molecule has 0 radical (unpaired) electrons. The van der Waals surface area contributed by atoms with Gasteiger partial charge in [0.15, 0.2) is 0 Å². The van der Waals surface area contributed by atoms with Gasteiger partial charge in [0.2, 0.25) is 11.8 Å². The van der Waals surface area contributed by atoms with E-state index in [-0.39, 0.29) is 50.6 Å². The third-order valence-electron chi connectivity index (χ3n) is 7.58. The lowest BCUT2D eigenvalue weighted by Crippen LogP contribution is -2.65. The van der Waals surface area contributed by atoms with Crippen LogP contribution < -0.4 is 16.0 Å². The van der Waals surface area contributed by atoms with Crippen LogP contribution in [0.25, 0.3) is 5.53 Å². The van der Waals surface area contributed by atoms with Gasteiger partial charge in [-0.05, 0) is 44.9 Å². The van der Waals surface area contributed by atoms with Gasteiger partial charge in [-0.25, -0.2) is 9.80 Å². The molecule has 4 N–H and O–H groups in total. The number of rotatable bonds is 11. The monoisotopic (exact) mass is 559 g/mol. The molecule has 0 aromatic rings. The molecule has 1 unspecified atom stereocenters. The molecule has 40 heavy (non-hydrogen) atoms. The number of carboxylic acids is 1. The smallest absolute Gasteiger partial charge is 0.325 e. The van der Waals surface area contributed by atoms with Crippen molar-refractivity contribution in [1.82, 2.24) is 26.0 Å². The maximum Gasteiger partial charge on any atom is 0.325 e. The van der Waals surface area contributed by atoms with Crippen LogP contribution in [0.4, 0.5) is 4.79 Å². The number of nitrogens with one attached hydrogen (secondary N) is 3. The summed E-state index contributed by atoms with van der Waals surface area (Å²) < 4.78 is 0. The quantitative estimate of drug-likeness (QED) is 0.122. The normalized spacial score (nSPS) is 23.0. The predicted octanol–water partition coefficient (Wildman–Crippen LogP) is 0.537. The molecule has 0 aromatic heterocycles. The van der Waals surface area contributed by atoms with Gasteiger partial charge in [-0.15, -0.1) is 6.58 Å². The van der Waals surface area contributed by atoms with Crippen molar-refractivity contribution in [3.05, 3.63) is 18.2 Å². The lowest BCUT2D eigenvalue weighted by Gasteiger charge is -2.43. The van der Waals surface area contributed by atoms with Crippen LogP contribution in [-0.4, -0.2) is 92.3 Å². The Morgan fingerprint density at radius 3 is 2.45 bits per heavy atom. The second kappa shape index (κ2) is 14.4. The van der Waals surface area contributed by atoms with Gasteiger partial charge < -0.3 is 26.6 Å². The minimum absolute atomic E-state index is 0.00826. The number of amides is 5. The van der Waals surface area contributed by atoms with E-state index in [2.05, 4.69) is 27.3 Å². The summed E-state index contributed by atoms with van der Waals surface area (Å²) in [5.74, 6) is -4.87. The largest absolute Gasteiger partial charge is 0.481 e. The highest BCUT2D eigenvalue weighted by Gasteiger charge is 2.45. The van der Waals surface area contributed by atoms with Gasteiger partial charge >= 0.3 is 18.2 Å². The molecule has 1 saturated carbocycles. The van der Waals surface area contributed by atoms with Gasteiger partial charge in [-0.2, -0.15) is 4.79 Å². The maximum absolute atomic E-state index is 13.6. The van der Waals surface area contributed by atoms with Gasteiger partial charge in [0.1, 0.15) is 12.1 Å². The highest BCUT2D eigenvalue weighted by Crippen LogP contribution is 2.26. The second-order valence-corrected chi connectivity index (χ2v) is 10.4. The zero-order valence-corrected chi connectivity index (χ0v) is 22.4. The molecule has 1 aliphatic carbocycles. The number of aliphatic carboxylic acids is 1. The van der Waals surface area contributed by atoms with E-state index in [1.807, 2.05) is 0 Å². The van der Waals surface area contributed by atoms with Crippen LogP contribution in [0.2, 0.25) is 0 Å². The molecule has 218 valence electrons. The van der Waals surface area contributed by atoms with E-state index in [1.54, 1.807) is 0 Å². The van der Waals surface area contributed by atoms with Crippen LogP contribution in [0.15, 0.2) is 12.7 Å². The molecule has 0 bridgehead atoms. The second-order valence-electron chi connectivity index (χ2n) is 10.4. The molecule has 2 aliphatic heterocycles. The fraction of sp³-hybridized carbons (Fsp3) is 0.654. The summed E-state index contributed by atoms with van der Waals surface area (Å²) in [4.78, 5) is 79.6. The molecule has 0 aromatic carbocycles. The molecule has 3 aliphatic rings. The number of urea groups is 1. The maximum atomic E-state index is 13.6. The Balaban J connectivity index is 1.78. The van der Waals surface area contributed by atoms with Gasteiger partial charge in [0.05, 0.1) is 12.0 Å². The van der Waals surface area contributed by atoms with Crippen LogP contribution in [0.1, 0.15) is 70.6 Å². The summed E-state index contributed by atoms with van der Waals surface area (Å²) in [6.07, 6.45) is 7.11. The molecule has 0 spiro atoms. The minimum atomic E-state index is -1.37. The summed E-state index contributed by atoms with van der Waals surface area (Å²) in [5, 5.41) is 19.8. The minimum Gasteiger partial charge on any atom is -0.481 e. The van der Waals surface area contributed by atoms with Gasteiger partial charge in [0.25, 0.3) is 11.7 Å². The van der Waals surface area contributed by atoms with E-state index >= 15 is 0 Å². The number of carbonyl (C=O) groups is 6. The molecule has 4 atom stereocenters. The standard InChI is InChI=1S/C26H37N7O7/c1-2-7-16(25(38)39)14-19(21(34)15-28-27)30-23(36)20-10-6-13-32-22(35)12-11-18(24(37)33(20)32)31-26(40)29-17-8-4-3-5-9-17/h2,15-20H,1,3-14H2,(H,30,36)(H,38,39)(H2,29,31,40)/t16?,18-,19-,20-/m0/s1. The van der Waals surface area contributed by atoms with Gasteiger partial charge in [-0.1, -0.05) is 25.3 Å². The Kier molecular flexibility index (Phi) is 10.9. The van der Waals surface area contributed by atoms with E-state index in [0.29, 0.717) is 12.6 Å². The first-order valence-corrected chi connectivity index (χ1v) is 13.7. The first-order valence-electron chi connectivity index (χ1n) is 13.7. The molecule has 2 heterocycles. The number of hydrogen-bond donors (Lipinski definition) is 4. The van der Waals surface area contributed by atoms with E-state index in [1.165, 1.54) is 11.1 Å². The predicted molar refractivity (Wildman–Crippen MR) is 140 cm³/mol. The van der Waals surface area contributed by atoms with Crippen LogP contribution in [0.5, 0.6) is 0 Å². The highest BCUT2D eigenvalue weighted by atomic mass is 16.4. The first-order chi connectivity index (χ1) is 19.2. The van der Waals surface area contributed by atoms with Crippen molar-refractivity contribution >= 4 is 41.7 Å². The SMILES string of the molecule is C=CCC(C[C@H](NC(=O)[C@@H]1CCCN2C(=O)CC[C@H](NC(=O)NC3CCCCC3)C(=O)N12)C(=O)C=[N+]=[N-])C(=O)O. The molecule has 14 heteroatoms. The van der Waals surface area contributed by atoms with Crippen molar-refractivity contribution in [2.45, 2.75) is 94.8 Å². The number of ketones is 1. The Hall–Kier alpha value is -4.06. The van der Waals surface area contributed by atoms with Crippen LogP contribution in [-0.2, 0) is 24.0 Å². The van der Waals surface area contributed by atoms with Crippen LogP contribution >= 0.6 is 0 Å². The molecular formula is C26H37N7O7. The van der Waals surface area contributed by atoms with E-state index in [4.69, 9.17) is 5.53 Å². The zero-order chi connectivity index (χ0) is 29.2. The highest BCUT2D eigenvalue weighted by molar-refractivity contribution is 6.28. The molecule has 14 nitrogen and oxygen atoms in total. The molecule has 5 amide bonds. The number of allylic oxidation sites excluding steroid dienone is 1. The fourth-order valence-corrected chi connectivity index (χ4v) is 5.48. The van der Waals surface area contributed by atoms with E-state index in [9.17, 15) is 33.9 Å². The van der Waals surface area contributed by atoms with Crippen LogP contribution in [0.3, 0.4) is 0 Å². The number of Topliss-reactive ketones (excluding diaryl/α,β-unsaturated/α-hetero) is 1. The molecule has 3 rings (SSSR count). The summed E-state index contributed by atoms with van der Waals surface area (Å²) in [6, 6.07) is -4.10. The van der Waals surface area contributed by atoms with Gasteiger partial charge in [-0.3, -0.25) is 29.0 Å². The first kappa shape index (κ1) is 30.5. The number of carboxylic acid groups (broad SMARTS) is 1. The lowest BCUT2D eigenvalue weighted by atomic mass is 9.94. The third-order valence-corrected chi connectivity index (χ3v) is 7.58. The van der Waals surface area contributed by atoms with Crippen molar-refractivity contribution in [3.63, 3.8) is 0 Å². The Morgan fingerprint density at radius 1 is 1.07 bits per heavy atom. The van der Waals surface area contributed by atoms with Crippen molar-refractivity contribution in [3.8, 4) is 0 Å². The van der Waals surface area contributed by atoms with E-state index < -0.39 is 53.6 Å². The zero-order valence-electron chi connectivity index (χ0n) is 22.4. The molecular weight excluding hydrogens is 522 g/mol. The van der Waals surface area contributed by atoms with Crippen molar-refractivity contribution in [2.75, 3.05) is 6.54 Å². The Bertz CT molecular complexity index is 1070. The molecule has 2 saturated heterocycles. The molecule has 3 fully saturated rings. The average molecular weight is 560 g/mol. The van der Waals surface area contributed by atoms with Crippen molar-refractivity contribution < 1.29 is 38.7 Å². The van der Waals surface area contributed by atoms with Crippen molar-refractivity contribution in [1.29, 1.82) is 0 Å². The van der Waals surface area contributed by atoms with Crippen molar-refractivity contribution in [2.24, 2.45) is 5.92 Å². The lowest BCUT2D eigenvalue weighted by molar-refractivity contribution is -0.176. The number of fused-ring (bicyclic) bond motifs is 1. The average Bonchev–Trinajstić information content (AvgIpc) is 3.04. The third kappa shape index (κ3) is 7.75. The Labute approximate surface area is 232 Å². The van der Waals surface area contributed by atoms with Gasteiger partial charge in [0, 0.05) is 19.0 Å². The topological polar surface area (TPSA) is 202 Å². The van der Waals surface area contributed by atoms with E-state index in [0.717, 1.165) is 37.1 Å². The summed E-state index contributed by atoms with van der Waals surface area (Å²) in [7, 11) is 0. The fourth-order valence-electron chi connectivity index (χ4n) is 5.48. The summed E-state index contributed by atoms with van der Waals surface area (Å²) in [5.41, 5.74) is 8.84. The summed E-state index contributed by atoms with van der Waals surface area (Å²) >= 11 is 0. The number of hydrogen-bond acceptors (Lipinski definition) is 6. The number of hydrazine groups is 1. The number of nitrogens with zero attached hydrogens (tertiary/aromatic N) is 4.